The highest BCUT2D eigenvalue weighted by atomic mass is 31.2. The first-order chi connectivity index (χ1) is 17.8. The van der Waals surface area contributed by atoms with E-state index in [0.29, 0.717) is 29.8 Å². The molecule has 0 radical (unpaired) electrons. The lowest BCUT2D eigenvalue weighted by Gasteiger charge is -2.28. The van der Waals surface area contributed by atoms with Gasteiger partial charge in [-0.05, 0) is 32.4 Å². The van der Waals surface area contributed by atoms with E-state index in [0.717, 1.165) is 6.42 Å². The van der Waals surface area contributed by atoms with Gasteiger partial charge in [0.2, 0.25) is 0 Å². The van der Waals surface area contributed by atoms with Crippen molar-refractivity contribution in [2.45, 2.75) is 51.7 Å². The van der Waals surface area contributed by atoms with Crippen LogP contribution in [-0.2, 0) is 18.6 Å². The molecule has 5 atom stereocenters. The molecule has 0 unspecified atom stereocenters. The number of aliphatic hydroxyl groups excluding tert-OH is 1. The Morgan fingerprint density at radius 2 is 1.97 bits per heavy atom. The molecular formula is C23H32FN6O6P. The van der Waals surface area contributed by atoms with Crippen LogP contribution in [0.1, 0.15) is 33.4 Å². The number of imidazole rings is 1. The molecule has 2 heterocycles. The molecule has 0 amide bonds. The maximum Gasteiger partial charge on any atom is 0.459 e. The van der Waals surface area contributed by atoms with E-state index in [1.807, 2.05) is 6.92 Å². The lowest BCUT2D eigenvalue weighted by atomic mass is 10.2. The van der Waals surface area contributed by atoms with Crippen LogP contribution in [0.15, 0.2) is 43.0 Å². The standard InChI is InChI=1S/C23H32FN6O6P/c1-4-10-25-22-21-23(27-14-26-22)30(15-28-21)20(11-24)35-19(17(3)32)13-34-37(33,29-16(2)12-31)36-18-8-6-5-7-9-18/h5-9,12,14-17,19-20,32H,4,10-11,13H2,1-3H3,(H,29,33)(H,25,26,27)/t16-,17-,19+,20+,37+/m0/s1. The first-order valence-corrected chi connectivity index (χ1v) is 13.4. The predicted octanol–water partition coefficient (Wildman–Crippen LogP) is 3.26. The van der Waals surface area contributed by atoms with Gasteiger partial charge in [-0.25, -0.2) is 29.0 Å². The van der Waals surface area contributed by atoms with Crippen LogP contribution >= 0.6 is 7.75 Å². The maximum atomic E-state index is 14.2. The summed E-state index contributed by atoms with van der Waals surface area (Å²) in [4.78, 5) is 23.8. The molecule has 0 fully saturated rings. The summed E-state index contributed by atoms with van der Waals surface area (Å²) >= 11 is 0. The minimum atomic E-state index is -4.09. The number of alkyl halides is 1. The van der Waals surface area contributed by atoms with Gasteiger partial charge in [-0.1, -0.05) is 25.1 Å². The molecule has 12 nitrogen and oxygen atoms in total. The van der Waals surface area contributed by atoms with E-state index in [2.05, 4.69) is 25.4 Å². The fourth-order valence-corrected chi connectivity index (χ4v) is 4.75. The second-order valence-electron chi connectivity index (χ2n) is 8.25. The Morgan fingerprint density at radius 1 is 1.22 bits per heavy atom. The molecule has 0 aliphatic carbocycles. The molecule has 3 rings (SSSR count). The number of aromatic nitrogens is 4. The van der Waals surface area contributed by atoms with Crippen molar-refractivity contribution >= 4 is 31.0 Å². The molecule has 0 saturated heterocycles. The molecule has 37 heavy (non-hydrogen) atoms. The van der Waals surface area contributed by atoms with E-state index in [-0.39, 0.29) is 5.75 Å². The summed E-state index contributed by atoms with van der Waals surface area (Å²) < 4.78 is 45.8. The van der Waals surface area contributed by atoms with Crippen LogP contribution in [0.25, 0.3) is 11.2 Å². The number of benzene rings is 1. The summed E-state index contributed by atoms with van der Waals surface area (Å²) in [6.07, 6.45) is 0.627. The Balaban J connectivity index is 1.78. The van der Waals surface area contributed by atoms with Crippen molar-refractivity contribution in [1.29, 1.82) is 0 Å². The highest BCUT2D eigenvalue weighted by Gasteiger charge is 2.33. The first-order valence-electron chi connectivity index (χ1n) is 11.8. The fraction of sp³-hybridized carbons (Fsp3) is 0.478. The van der Waals surface area contributed by atoms with Gasteiger partial charge in [0.15, 0.2) is 23.2 Å². The summed E-state index contributed by atoms with van der Waals surface area (Å²) in [5.74, 6) is 0.748. The zero-order valence-corrected chi connectivity index (χ0v) is 21.8. The molecule has 0 aliphatic heterocycles. The zero-order valence-electron chi connectivity index (χ0n) is 20.9. The summed E-state index contributed by atoms with van der Waals surface area (Å²) in [5, 5.41) is 16.0. The second-order valence-corrected chi connectivity index (χ2v) is 9.94. The Labute approximate surface area is 214 Å². The molecule has 202 valence electrons. The Kier molecular flexibility index (Phi) is 10.5. The first kappa shape index (κ1) is 28.6. The number of fused-ring (bicyclic) bond motifs is 1. The number of nitrogens with one attached hydrogen (secondary N) is 2. The summed E-state index contributed by atoms with van der Waals surface area (Å²) in [6.45, 7) is 4.17. The SMILES string of the molecule is CCCNc1ncnc2c1ncn2[C@@H](CF)O[C@H](CO[P@](=O)(N[C@@H](C)C=O)Oc1ccccc1)[C@H](C)O. The zero-order chi connectivity index (χ0) is 26.8. The average Bonchev–Trinajstić information content (AvgIpc) is 3.32. The van der Waals surface area contributed by atoms with Gasteiger partial charge < -0.3 is 24.5 Å². The van der Waals surface area contributed by atoms with Crippen molar-refractivity contribution in [3.05, 3.63) is 43.0 Å². The van der Waals surface area contributed by atoms with Gasteiger partial charge in [0, 0.05) is 6.54 Å². The average molecular weight is 539 g/mol. The highest BCUT2D eigenvalue weighted by Crippen LogP contribution is 2.45. The van der Waals surface area contributed by atoms with Crippen molar-refractivity contribution in [2.24, 2.45) is 0 Å². The molecule has 14 heteroatoms. The number of para-hydroxylation sites is 1. The van der Waals surface area contributed by atoms with Crippen molar-refractivity contribution in [2.75, 3.05) is 25.1 Å². The van der Waals surface area contributed by atoms with Crippen LogP contribution in [0.5, 0.6) is 5.75 Å². The topological polar surface area (TPSA) is 150 Å². The Morgan fingerprint density at radius 3 is 2.62 bits per heavy atom. The fourth-order valence-electron chi connectivity index (χ4n) is 3.27. The largest absolute Gasteiger partial charge is 0.459 e. The van der Waals surface area contributed by atoms with Gasteiger partial charge >= 0.3 is 7.75 Å². The Bertz CT molecular complexity index is 1180. The lowest BCUT2D eigenvalue weighted by molar-refractivity contribution is -0.121. The summed E-state index contributed by atoms with van der Waals surface area (Å²) in [5.41, 5.74) is 0.775. The lowest BCUT2D eigenvalue weighted by Crippen LogP contribution is -2.36. The predicted molar refractivity (Wildman–Crippen MR) is 135 cm³/mol. The van der Waals surface area contributed by atoms with E-state index < -0.39 is 45.5 Å². The Hall–Kier alpha value is -2.96. The van der Waals surface area contributed by atoms with Gasteiger partial charge in [-0.3, -0.25) is 9.09 Å². The molecule has 1 aromatic carbocycles. The van der Waals surface area contributed by atoms with Crippen molar-refractivity contribution < 1.29 is 32.6 Å². The van der Waals surface area contributed by atoms with Crippen molar-refractivity contribution in [1.82, 2.24) is 24.6 Å². The van der Waals surface area contributed by atoms with Gasteiger partial charge in [-0.2, -0.15) is 0 Å². The van der Waals surface area contributed by atoms with E-state index >= 15 is 0 Å². The molecule has 0 aliphatic rings. The third-order valence-electron chi connectivity index (χ3n) is 5.16. The normalized spacial score (nSPS) is 16.5. The summed E-state index contributed by atoms with van der Waals surface area (Å²) in [7, 11) is -4.09. The van der Waals surface area contributed by atoms with Crippen LogP contribution in [0.2, 0.25) is 0 Å². The van der Waals surface area contributed by atoms with Crippen molar-refractivity contribution in [3.8, 4) is 5.75 Å². The van der Waals surface area contributed by atoms with Gasteiger partial charge in [-0.15, -0.1) is 0 Å². The van der Waals surface area contributed by atoms with Crippen molar-refractivity contribution in [3.63, 3.8) is 0 Å². The monoisotopic (exact) mass is 538 g/mol. The van der Waals surface area contributed by atoms with E-state index in [9.17, 15) is 18.9 Å². The summed E-state index contributed by atoms with van der Waals surface area (Å²) in [6, 6.07) is 7.40. The molecule has 0 bridgehead atoms. The number of ether oxygens (including phenoxy) is 1. The third kappa shape index (κ3) is 7.76. The minimum absolute atomic E-state index is 0.240. The number of nitrogens with zero attached hydrogens (tertiary/aromatic N) is 4. The van der Waals surface area contributed by atoms with Crippen LogP contribution in [0, 0.1) is 0 Å². The number of carbonyl (C=O) groups excluding carboxylic acids is 1. The number of rotatable bonds is 16. The van der Waals surface area contributed by atoms with Crippen LogP contribution in [0.3, 0.4) is 0 Å². The quantitative estimate of drug-likeness (QED) is 0.182. The van der Waals surface area contributed by atoms with E-state index in [4.69, 9.17) is 13.8 Å². The molecule has 0 saturated carbocycles. The molecule has 2 aromatic heterocycles. The minimum Gasteiger partial charge on any atom is -0.413 e. The highest BCUT2D eigenvalue weighted by molar-refractivity contribution is 7.52. The molecule has 3 aromatic rings. The number of aldehydes is 1. The number of carbonyl (C=O) groups is 1. The second kappa shape index (κ2) is 13.5. The molecule has 0 spiro atoms. The van der Waals surface area contributed by atoms with Gasteiger partial charge in [0.25, 0.3) is 0 Å². The number of aliphatic hydroxyl groups is 1. The van der Waals surface area contributed by atoms with E-state index in [1.54, 1.807) is 30.3 Å². The molecular weight excluding hydrogens is 506 g/mol. The smallest absolute Gasteiger partial charge is 0.413 e. The maximum absolute atomic E-state index is 14.2. The number of hydrogen-bond acceptors (Lipinski definition) is 10. The van der Waals surface area contributed by atoms with Crippen LogP contribution in [0.4, 0.5) is 10.2 Å². The molecule has 3 N–H and O–H groups in total. The number of hydrogen-bond donors (Lipinski definition) is 3. The van der Waals surface area contributed by atoms with E-state index in [1.165, 1.54) is 31.1 Å². The van der Waals surface area contributed by atoms with Gasteiger partial charge in [0.05, 0.1) is 25.1 Å². The number of halogens is 1. The van der Waals surface area contributed by atoms with Crippen LogP contribution < -0.4 is 14.9 Å². The number of anilines is 1. The van der Waals surface area contributed by atoms with Gasteiger partial charge in [0.1, 0.15) is 31.1 Å². The third-order valence-corrected chi connectivity index (χ3v) is 6.82. The van der Waals surface area contributed by atoms with Crippen LogP contribution in [-0.4, -0.2) is 69.0 Å².